The monoisotopic (exact) mass is 445 g/mol. The van der Waals surface area contributed by atoms with Crippen LogP contribution in [0.5, 0.6) is 0 Å². The number of carbonyl (C=O) groups excluding carboxylic acids is 5. The van der Waals surface area contributed by atoms with Crippen LogP contribution in [0.1, 0.15) is 38.5 Å². The van der Waals surface area contributed by atoms with Crippen LogP contribution >= 0.6 is 0 Å². The van der Waals surface area contributed by atoms with E-state index in [2.05, 4.69) is 16.0 Å². The second kappa shape index (κ2) is 14.7. The van der Waals surface area contributed by atoms with E-state index in [1.54, 1.807) is 0 Å². The number of unbranched alkanes of at least 4 members (excludes halogenated alkanes) is 1. The summed E-state index contributed by atoms with van der Waals surface area (Å²) < 4.78 is 0. The van der Waals surface area contributed by atoms with Crippen molar-refractivity contribution in [1.82, 2.24) is 16.0 Å². The Morgan fingerprint density at radius 3 is 1.74 bits per heavy atom. The molecule has 176 valence electrons. The van der Waals surface area contributed by atoms with Gasteiger partial charge in [-0.25, -0.2) is 4.79 Å². The predicted molar refractivity (Wildman–Crippen MR) is 108 cm³/mol. The van der Waals surface area contributed by atoms with Crippen LogP contribution in [0.15, 0.2) is 0 Å². The quantitative estimate of drug-likeness (QED) is 0.107. The third-order valence-electron chi connectivity index (χ3n) is 4.12. The summed E-state index contributed by atoms with van der Waals surface area (Å²) in [5, 5.41) is 16.0. The molecule has 0 rings (SSSR count). The average molecular weight is 445 g/mol. The molecule has 14 heteroatoms. The van der Waals surface area contributed by atoms with E-state index in [0.717, 1.165) is 0 Å². The van der Waals surface area contributed by atoms with Gasteiger partial charge in [-0.2, -0.15) is 0 Å². The molecule has 0 aliphatic carbocycles. The van der Waals surface area contributed by atoms with Gasteiger partial charge >= 0.3 is 5.97 Å². The van der Waals surface area contributed by atoms with E-state index in [4.69, 9.17) is 28.0 Å². The second-order valence-corrected chi connectivity index (χ2v) is 6.74. The smallest absolute Gasteiger partial charge is 0.326 e. The number of nitrogens with one attached hydrogen (secondary N) is 3. The Morgan fingerprint density at radius 2 is 1.29 bits per heavy atom. The normalized spacial score (nSPS) is 13.4. The number of carboxylic acids is 1. The molecule has 0 aromatic rings. The zero-order valence-electron chi connectivity index (χ0n) is 17.1. The van der Waals surface area contributed by atoms with Gasteiger partial charge in [0.2, 0.25) is 29.5 Å². The van der Waals surface area contributed by atoms with Crippen molar-refractivity contribution >= 4 is 35.5 Å². The molecule has 3 atom stereocenters. The van der Waals surface area contributed by atoms with E-state index in [-0.39, 0.29) is 25.8 Å². The minimum absolute atomic E-state index is 0.207. The minimum atomic E-state index is -1.63. The highest BCUT2D eigenvalue weighted by Crippen LogP contribution is 2.05. The number of hydrogen-bond donors (Lipinski definition) is 8. The Balaban J connectivity index is 5.41. The molecule has 5 amide bonds. The Bertz CT molecular complexity index is 671. The van der Waals surface area contributed by atoms with Crippen molar-refractivity contribution in [2.45, 2.75) is 56.7 Å². The number of aliphatic carboxylic acids is 1. The Hall–Kier alpha value is -3.26. The van der Waals surface area contributed by atoms with Gasteiger partial charge in [0.05, 0.1) is 13.0 Å². The molecule has 0 spiro atoms. The number of carbonyl (C=O) groups is 6. The molecule has 3 unspecified atom stereocenters. The number of hydrogen-bond acceptors (Lipinski definition) is 8. The van der Waals surface area contributed by atoms with Crippen molar-refractivity contribution in [3.8, 4) is 0 Å². The highest BCUT2D eigenvalue weighted by atomic mass is 16.4. The topological polar surface area (TPSA) is 263 Å². The third-order valence-corrected chi connectivity index (χ3v) is 4.12. The number of amides is 5. The largest absolute Gasteiger partial charge is 0.480 e. The van der Waals surface area contributed by atoms with Gasteiger partial charge < -0.3 is 44.0 Å². The second-order valence-electron chi connectivity index (χ2n) is 6.74. The molecule has 12 N–H and O–H groups in total. The van der Waals surface area contributed by atoms with Crippen LogP contribution < -0.4 is 38.9 Å². The van der Waals surface area contributed by atoms with Crippen LogP contribution in [0.3, 0.4) is 0 Å². The summed E-state index contributed by atoms with van der Waals surface area (Å²) in [4.78, 5) is 70.2. The molecular weight excluding hydrogens is 414 g/mol. The van der Waals surface area contributed by atoms with E-state index >= 15 is 0 Å². The summed E-state index contributed by atoms with van der Waals surface area (Å²) in [7, 11) is 0. The lowest BCUT2D eigenvalue weighted by atomic mass is 10.1. The van der Waals surface area contributed by atoms with Gasteiger partial charge in [0, 0.05) is 6.42 Å². The van der Waals surface area contributed by atoms with Crippen molar-refractivity contribution in [3.63, 3.8) is 0 Å². The number of carboxylic acid groups (broad SMARTS) is 1. The number of primary amides is 2. The highest BCUT2D eigenvalue weighted by molar-refractivity contribution is 5.94. The molecule has 0 radical (unpaired) electrons. The fraction of sp³-hybridized carbons (Fsp3) is 0.647. The summed E-state index contributed by atoms with van der Waals surface area (Å²) in [5.74, 6) is -5.54. The molecule has 0 aromatic heterocycles. The molecule has 0 aliphatic rings. The van der Waals surface area contributed by atoms with E-state index < -0.39 is 60.1 Å². The van der Waals surface area contributed by atoms with Gasteiger partial charge in [-0.05, 0) is 32.2 Å². The summed E-state index contributed by atoms with van der Waals surface area (Å²) >= 11 is 0. The summed E-state index contributed by atoms with van der Waals surface area (Å²) in [6.45, 7) is 0.0128. The van der Waals surface area contributed by atoms with Gasteiger partial charge in [0.15, 0.2) is 0 Å². The molecule has 0 heterocycles. The molecule has 0 fully saturated rings. The molecular formula is C17H31N7O7. The fourth-order valence-corrected chi connectivity index (χ4v) is 2.52. The van der Waals surface area contributed by atoms with Crippen molar-refractivity contribution in [1.29, 1.82) is 0 Å². The standard InChI is InChI=1S/C17H31N7O7/c18-6-2-1-3-9(22-14(27)8-19)15(28)23-10(4-5-12(20)25)16(29)24-11(17(30)31)7-13(21)26/h9-11H,1-8,18-19H2,(H2,20,25)(H2,21,26)(H,22,27)(H,23,28)(H,24,29)(H,30,31). The molecule has 0 saturated carbocycles. The molecule has 31 heavy (non-hydrogen) atoms. The SMILES string of the molecule is NCCCCC(NC(=O)CN)C(=O)NC(CCC(N)=O)C(=O)NC(CC(N)=O)C(=O)O. The first-order chi connectivity index (χ1) is 14.5. The van der Waals surface area contributed by atoms with Gasteiger partial charge in [-0.15, -0.1) is 0 Å². The zero-order chi connectivity index (χ0) is 24.0. The maximum absolute atomic E-state index is 12.7. The van der Waals surface area contributed by atoms with Crippen molar-refractivity contribution in [2.24, 2.45) is 22.9 Å². The predicted octanol–water partition coefficient (Wildman–Crippen LogP) is -4.25. The van der Waals surface area contributed by atoms with Crippen LogP contribution in [-0.2, 0) is 28.8 Å². The lowest BCUT2D eigenvalue weighted by molar-refractivity contribution is -0.144. The molecule has 0 aliphatic heterocycles. The summed E-state index contributed by atoms with van der Waals surface area (Å²) in [6, 6.07) is -4.02. The van der Waals surface area contributed by atoms with Crippen molar-refractivity contribution in [3.05, 3.63) is 0 Å². The summed E-state index contributed by atoms with van der Waals surface area (Å²) in [5.41, 5.74) is 20.7. The Morgan fingerprint density at radius 1 is 0.742 bits per heavy atom. The highest BCUT2D eigenvalue weighted by Gasteiger charge is 2.30. The first kappa shape index (κ1) is 27.7. The first-order valence-electron chi connectivity index (χ1n) is 9.61. The zero-order valence-corrected chi connectivity index (χ0v) is 17.1. The first-order valence-corrected chi connectivity index (χ1v) is 9.61. The maximum atomic E-state index is 12.7. The lowest BCUT2D eigenvalue weighted by Crippen LogP contribution is -2.56. The third kappa shape index (κ3) is 12.1. The van der Waals surface area contributed by atoms with Crippen molar-refractivity contribution in [2.75, 3.05) is 13.1 Å². The molecule has 14 nitrogen and oxygen atoms in total. The van der Waals surface area contributed by atoms with Crippen LogP contribution in [0.2, 0.25) is 0 Å². The van der Waals surface area contributed by atoms with E-state index in [1.165, 1.54) is 0 Å². The average Bonchev–Trinajstić information content (AvgIpc) is 2.68. The number of nitrogens with two attached hydrogens (primary N) is 4. The molecule has 0 bridgehead atoms. The molecule has 0 aromatic carbocycles. The fourth-order valence-electron chi connectivity index (χ4n) is 2.52. The van der Waals surface area contributed by atoms with Crippen LogP contribution in [0.4, 0.5) is 0 Å². The van der Waals surface area contributed by atoms with E-state index in [9.17, 15) is 28.8 Å². The van der Waals surface area contributed by atoms with Gasteiger partial charge in [-0.3, -0.25) is 24.0 Å². The summed E-state index contributed by atoms with van der Waals surface area (Å²) in [6.07, 6.45) is 0.0812. The van der Waals surface area contributed by atoms with Crippen LogP contribution in [0.25, 0.3) is 0 Å². The molecule has 0 saturated heterocycles. The Labute approximate surface area is 178 Å². The Kier molecular flexibility index (Phi) is 13.1. The van der Waals surface area contributed by atoms with Crippen molar-refractivity contribution < 1.29 is 33.9 Å². The lowest BCUT2D eigenvalue weighted by Gasteiger charge is -2.24. The van der Waals surface area contributed by atoms with Gasteiger partial charge in [0.1, 0.15) is 18.1 Å². The van der Waals surface area contributed by atoms with Crippen LogP contribution in [-0.4, -0.2) is 71.8 Å². The number of rotatable bonds is 16. The van der Waals surface area contributed by atoms with E-state index in [0.29, 0.717) is 19.4 Å². The van der Waals surface area contributed by atoms with Crippen LogP contribution in [0, 0.1) is 0 Å². The van der Waals surface area contributed by atoms with Gasteiger partial charge in [-0.1, -0.05) is 0 Å². The van der Waals surface area contributed by atoms with E-state index in [1.807, 2.05) is 0 Å². The maximum Gasteiger partial charge on any atom is 0.326 e. The van der Waals surface area contributed by atoms with Gasteiger partial charge in [0.25, 0.3) is 0 Å². The minimum Gasteiger partial charge on any atom is -0.480 e.